The third kappa shape index (κ3) is 3.20. The number of phenols is 1. The highest BCUT2D eigenvalue weighted by Crippen LogP contribution is 2.23. The van der Waals surface area contributed by atoms with Crippen molar-refractivity contribution in [3.05, 3.63) is 29.3 Å². The maximum absolute atomic E-state index is 9.84. The van der Waals surface area contributed by atoms with E-state index < -0.39 is 0 Å². The largest absolute Gasteiger partial charge is 0.508 e. The van der Waals surface area contributed by atoms with Crippen LogP contribution >= 0.6 is 0 Å². The van der Waals surface area contributed by atoms with Crippen LogP contribution in [0.1, 0.15) is 24.0 Å². The van der Waals surface area contributed by atoms with Gasteiger partial charge in [-0.15, -0.1) is 0 Å². The summed E-state index contributed by atoms with van der Waals surface area (Å²) in [4.78, 5) is 2.40. The van der Waals surface area contributed by atoms with Crippen LogP contribution in [0, 0.1) is 12.8 Å². The van der Waals surface area contributed by atoms with Gasteiger partial charge in [0.15, 0.2) is 0 Å². The lowest BCUT2D eigenvalue weighted by Gasteiger charge is -2.32. The predicted octanol–water partition coefficient (Wildman–Crippen LogP) is 1.87. The van der Waals surface area contributed by atoms with Gasteiger partial charge in [-0.2, -0.15) is 0 Å². The number of aromatic hydroxyl groups is 1. The summed E-state index contributed by atoms with van der Waals surface area (Å²) in [6.45, 7) is 5.84. The van der Waals surface area contributed by atoms with Gasteiger partial charge in [0, 0.05) is 18.7 Å². The molecule has 1 aliphatic rings. The Labute approximate surface area is 103 Å². The molecule has 1 fully saturated rings. The van der Waals surface area contributed by atoms with E-state index in [4.69, 9.17) is 5.73 Å². The van der Waals surface area contributed by atoms with E-state index in [1.165, 1.54) is 18.4 Å². The molecule has 3 N–H and O–H groups in total. The van der Waals surface area contributed by atoms with Crippen LogP contribution < -0.4 is 5.73 Å². The molecule has 94 valence electrons. The highest BCUT2D eigenvalue weighted by molar-refractivity contribution is 5.35. The Hall–Kier alpha value is -1.06. The van der Waals surface area contributed by atoms with E-state index in [2.05, 4.69) is 17.9 Å². The highest BCUT2D eigenvalue weighted by atomic mass is 16.3. The second kappa shape index (κ2) is 5.52. The number of likely N-dealkylation sites (tertiary alicyclic amines) is 1. The number of nitrogens with zero attached hydrogens (tertiary/aromatic N) is 1. The zero-order valence-corrected chi connectivity index (χ0v) is 10.5. The highest BCUT2D eigenvalue weighted by Gasteiger charge is 2.19. The molecule has 1 aliphatic heterocycles. The van der Waals surface area contributed by atoms with Crippen LogP contribution in [-0.4, -0.2) is 29.6 Å². The molecule has 0 spiro atoms. The van der Waals surface area contributed by atoms with Gasteiger partial charge < -0.3 is 10.8 Å². The molecular weight excluding hydrogens is 212 g/mol. The van der Waals surface area contributed by atoms with Gasteiger partial charge in [0.2, 0.25) is 0 Å². The van der Waals surface area contributed by atoms with Gasteiger partial charge in [-0.3, -0.25) is 4.90 Å². The first-order chi connectivity index (χ1) is 8.19. The van der Waals surface area contributed by atoms with E-state index in [1.807, 2.05) is 6.07 Å². The van der Waals surface area contributed by atoms with Crippen molar-refractivity contribution in [1.82, 2.24) is 4.90 Å². The van der Waals surface area contributed by atoms with E-state index >= 15 is 0 Å². The number of hydrogen-bond acceptors (Lipinski definition) is 3. The number of rotatable bonds is 3. The maximum Gasteiger partial charge on any atom is 0.120 e. The third-order valence-corrected chi connectivity index (χ3v) is 3.57. The Morgan fingerprint density at radius 3 is 3.06 bits per heavy atom. The fourth-order valence-electron chi connectivity index (χ4n) is 2.57. The van der Waals surface area contributed by atoms with Crippen LogP contribution in [0.25, 0.3) is 0 Å². The maximum atomic E-state index is 9.84. The topological polar surface area (TPSA) is 49.5 Å². The first kappa shape index (κ1) is 12.4. The molecule has 1 atom stereocenters. The van der Waals surface area contributed by atoms with Gasteiger partial charge in [-0.05, 0) is 44.8 Å². The molecule has 1 aromatic rings. The van der Waals surface area contributed by atoms with E-state index in [0.717, 1.165) is 31.7 Å². The van der Waals surface area contributed by atoms with Gasteiger partial charge >= 0.3 is 0 Å². The third-order valence-electron chi connectivity index (χ3n) is 3.57. The average molecular weight is 234 g/mol. The summed E-state index contributed by atoms with van der Waals surface area (Å²) >= 11 is 0. The molecule has 1 unspecified atom stereocenters. The number of piperidine rings is 1. The summed E-state index contributed by atoms with van der Waals surface area (Å²) in [6.07, 6.45) is 2.46. The molecular formula is C14H22N2O. The van der Waals surface area contributed by atoms with Crippen LogP contribution in [0.3, 0.4) is 0 Å². The number of hydrogen-bond donors (Lipinski definition) is 2. The van der Waals surface area contributed by atoms with Crippen molar-refractivity contribution < 1.29 is 5.11 Å². The average Bonchev–Trinajstić information content (AvgIpc) is 2.34. The second-order valence-corrected chi connectivity index (χ2v) is 5.11. The van der Waals surface area contributed by atoms with Crippen molar-refractivity contribution in [1.29, 1.82) is 0 Å². The molecule has 0 saturated carbocycles. The summed E-state index contributed by atoms with van der Waals surface area (Å²) in [5.74, 6) is 1.03. The molecule has 0 aliphatic carbocycles. The SMILES string of the molecule is Cc1ccc(O)c(CN2CCCC(CN)C2)c1. The Kier molecular flexibility index (Phi) is 4.02. The predicted molar refractivity (Wildman–Crippen MR) is 69.9 cm³/mol. The van der Waals surface area contributed by atoms with Crippen LogP contribution in [0.5, 0.6) is 5.75 Å². The monoisotopic (exact) mass is 234 g/mol. The Morgan fingerprint density at radius 1 is 1.47 bits per heavy atom. The molecule has 1 heterocycles. The van der Waals surface area contributed by atoms with Crippen molar-refractivity contribution in [2.75, 3.05) is 19.6 Å². The number of nitrogens with two attached hydrogens (primary N) is 1. The smallest absolute Gasteiger partial charge is 0.120 e. The molecule has 0 aromatic heterocycles. The summed E-state index contributed by atoms with van der Waals surface area (Å²) in [7, 11) is 0. The normalized spacial score (nSPS) is 21.6. The van der Waals surface area contributed by atoms with Crippen LogP contribution in [0.4, 0.5) is 0 Å². The zero-order valence-electron chi connectivity index (χ0n) is 10.5. The minimum absolute atomic E-state index is 0.408. The molecule has 17 heavy (non-hydrogen) atoms. The molecule has 3 nitrogen and oxygen atoms in total. The van der Waals surface area contributed by atoms with Gasteiger partial charge in [0.1, 0.15) is 5.75 Å². The van der Waals surface area contributed by atoms with Crippen molar-refractivity contribution in [3.8, 4) is 5.75 Å². The molecule has 2 rings (SSSR count). The fourth-order valence-corrected chi connectivity index (χ4v) is 2.57. The molecule has 3 heteroatoms. The van der Waals surface area contributed by atoms with E-state index in [9.17, 15) is 5.11 Å². The Balaban J connectivity index is 2.02. The first-order valence-electron chi connectivity index (χ1n) is 6.40. The van der Waals surface area contributed by atoms with E-state index in [1.54, 1.807) is 6.07 Å². The summed E-state index contributed by atoms with van der Waals surface area (Å²) in [5, 5.41) is 9.84. The van der Waals surface area contributed by atoms with E-state index in [-0.39, 0.29) is 0 Å². The van der Waals surface area contributed by atoms with Crippen LogP contribution in [0.15, 0.2) is 18.2 Å². The number of benzene rings is 1. The van der Waals surface area contributed by atoms with E-state index in [0.29, 0.717) is 11.7 Å². The fraction of sp³-hybridized carbons (Fsp3) is 0.571. The summed E-state index contributed by atoms with van der Waals surface area (Å²) < 4.78 is 0. The van der Waals surface area contributed by atoms with Crippen molar-refractivity contribution in [2.45, 2.75) is 26.3 Å². The van der Waals surface area contributed by atoms with Crippen molar-refractivity contribution >= 4 is 0 Å². The Morgan fingerprint density at radius 2 is 2.29 bits per heavy atom. The lowest BCUT2D eigenvalue weighted by molar-refractivity contribution is 0.169. The lowest BCUT2D eigenvalue weighted by Crippen LogP contribution is -2.37. The molecule has 0 bridgehead atoms. The Bertz CT molecular complexity index is 378. The lowest BCUT2D eigenvalue weighted by atomic mass is 9.97. The summed E-state index contributed by atoms with van der Waals surface area (Å²) in [6, 6.07) is 5.80. The standard InChI is InChI=1S/C14H22N2O/c1-11-4-5-14(17)13(7-11)10-16-6-2-3-12(8-15)9-16/h4-5,7,12,17H,2-3,6,8-10,15H2,1H3. The molecule has 0 radical (unpaired) electrons. The molecule has 1 aromatic carbocycles. The molecule has 0 amide bonds. The minimum Gasteiger partial charge on any atom is -0.508 e. The first-order valence-corrected chi connectivity index (χ1v) is 6.40. The number of phenolic OH excluding ortho intramolecular Hbond substituents is 1. The van der Waals surface area contributed by atoms with Gasteiger partial charge in [-0.1, -0.05) is 17.7 Å². The van der Waals surface area contributed by atoms with Gasteiger partial charge in [0.25, 0.3) is 0 Å². The summed E-state index contributed by atoms with van der Waals surface area (Å²) in [5.41, 5.74) is 7.97. The zero-order chi connectivity index (χ0) is 12.3. The van der Waals surface area contributed by atoms with Crippen molar-refractivity contribution in [2.24, 2.45) is 11.7 Å². The van der Waals surface area contributed by atoms with Crippen molar-refractivity contribution in [3.63, 3.8) is 0 Å². The number of aryl methyl sites for hydroxylation is 1. The second-order valence-electron chi connectivity index (χ2n) is 5.11. The molecule has 1 saturated heterocycles. The van der Waals surface area contributed by atoms with Gasteiger partial charge in [0.05, 0.1) is 0 Å². The van der Waals surface area contributed by atoms with Crippen LogP contribution in [-0.2, 0) is 6.54 Å². The quantitative estimate of drug-likeness (QED) is 0.839. The minimum atomic E-state index is 0.408. The van der Waals surface area contributed by atoms with Gasteiger partial charge in [-0.25, -0.2) is 0 Å². The van der Waals surface area contributed by atoms with Crippen LogP contribution in [0.2, 0.25) is 0 Å².